The molecule has 30 heavy (non-hydrogen) atoms. The topological polar surface area (TPSA) is 104 Å². The predicted molar refractivity (Wildman–Crippen MR) is 123 cm³/mol. The Balaban J connectivity index is 1.81. The van der Waals surface area contributed by atoms with Gasteiger partial charge in [0.05, 0.1) is 9.38 Å². The molecule has 0 unspecified atom stereocenters. The van der Waals surface area contributed by atoms with Crippen LogP contribution in [0.25, 0.3) is 6.08 Å². The minimum atomic E-state index is -1.14. The van der Waals surface area contributed by atoms with Crippen LogP contribution in [0.5, 0.6) is 5.75 Å². The summed E-state index contributed by atoms with van der Waals surface area (Å²) in [5.41, 5.74) is 0.461. The second-order valence-electron chi connectivity index (χ2n) is 6.70. The molecule has 0 saturated carbocycles. The molecule has 1 aromatic carbocycles. The molecule has 1 N–H and O–H groups in total. The monoisotopic (exact) mass is 608 g/mol. The fourth-order valence-electron chi connectivity index (χ4n) is 3.13. The molecular weight excluding hydrogens is 591 g/mol. The van der Waals surface area contributed by atoms with Crippen LogP contribution in [0, 0.1) is 3.57 Å². The van der Waals surface area contributed by atoms with Gasteiger partial charge >= 0.3 is 5.97 Å². The molecule has 0 radical (unpaired) electrons. The van der Waals surface area contributed by atoms with Crippen LogP contribution in [0.2, 0.25) is 0 Å². The second kappa shape index (κ2) is 10.1. The van der Waals surface area contributed by atoms with E-state index in [2.05, 4.69) is 38.5 Å². The molecule has 2 aliphatic rings. The molecule has 2 fully saturated rings. The number of carbonyl (C=O) groups excluding carboxylic acids is 3. The molecule has 0 aliphatic carbocycles. The lowest BCUT2D eigenvalue weighted by Gasteiger charge is -2.27. The van der Waals surface area contributed by atoms with E-state index in [-0.39, 0.29) is 23.1 Å². The number of carboxylic acids is 1. The number of aliphatic carboxylic acids is 1. The molecule has 0 bridgehead atoms. The maximum absolute atomic E-state index is 12.8. The molecule has 1 aromatic rings. The molecule has 2 heterocycles. The van der Waals surface area contributed by atoms with Crippen molar-refractivity contribution in [3.05, 3.63) is 30.6 Å². The second-order valence-corrected chi connectivity index (χ2v) is 9.79. The number of carbonyl (C=O) groups is 4. The van der Waals surface area contributed by atoms with Gasteiger partial charge < -0.3 is 14.7 Å². The van der Waals surface area contributed by atoms with Gasteiger partial charge in [-0.25, -0.2) is 4.79 Å². The highest BCUT2D eigenvalue weighted by molar-refractivity contribution is 14.1. The number of hydrogen-bond donors (Lipinski definition) is 1. The Kier molecular flexibility index (Phi) is 7.80. The minimum absolute atomic E-state index is 0.153. The number of carboxylic acid groups (broad SMARTS) is 1. The van der Waals surface area contributed by atoms with Gasteiger partial charge in [0, 0.05) is 22.2 Å². The number of nitrogens with zero attached hydrogens (tertiary/aromatic N) is 2. The normalized spacial score (nSPS) is 18.3. The van der Waals surface area contributed by atoms with Crippen LogP contribution in [0.1, 0.15) is 24.8 Å². The maximum atomic E-state index is 12.8. The van der Waals surface area contributed by atoms with Crippen molar-refractivity contribution in [1.29, 1.82) is 0 Å². The van der Waals surface area contributed by atoms with Crippen molar-refractivity contribution < 1.29 is 29.0 Å². The Hall–Kier alpha value is -1.60. The van der Waals surface area contributed by atoms with Gasteiger partial charge in [-0.2, -0.15) is 0 Å². The summed E-state index contributed by atoms with van der Waals surface area (Å²) in [7, 11) is 0. The smallest absolute Gasteiger partial charge is 0.341 e. The van der Waals surface area contributed by atoms with E-state index in [0.29, 0.717) is 23.1 Å². The molecule has 0 atom stereocenters. The summed E-state index contributed by atoms with van der Waals surface area (Å²) >= 11 is 6.17. The number of likely N-dealkylation sites (tertiary alicyclic amines) is 1. The lowest BCUT2D eigenvalue weighted by Crippen LogP contribution is -2.44. The van der Waals surface area contributed by atoms with E-state index < -0.39 is 23.7 Å². The number of piperidine rings is 1. The first-order chi connectivity index (χ1) is 14.3. The Labute approximate surface area is 199 Å². The average molecular weight is 609 g/mol. The lowest BCUT2D eigenvalue weighted by atomic mass is 10.1. The maximum Gasteiger partial charge on any atom is 0.341 e. The first kappa shape index (κ1) is 23.1. The van der Waals surface area contributed by atoms with Crippen LogP contribution in [-0.4, -0.2) is 64.2 Å². The van der Waals surface area contributed by atoms with Crippen LogP contribution >= 0.6 is 50.3 Å². The van der Waals surface area contributed by atoms with Gasteiger partial charge in [0.25, 0.3) is 11.1 Å². The van der Waals surface area contributed by atoms with Crippen LogP contribution in [0.15, 0.2) is 21.5 Å². The fourth-order valence-corrected chi connectivity index (χ4v) is 5.62. The van der Waals surface area contributed by atoms with Gasteiger partial charge in [-0.15, -0.1) is 0 Å². The van der Waals surface area contributed by atoms with E-state index in [1.54, 1.807) is 17.0 Å². The third kappa shape index (κ3) is 5.55. The molecule has 3 amide bonds. The van der Waals surface area contributed by atoms with Gasteiger partial charge in [-0.05, 0) is 87.8 Å². The first-order valence-corrected chi connectivity index (χ1v) is 11.8. The van der Waals surface area contributed by atoms with Crippen molar-refractivity contribution in [3.8, 4) is 5.75 Å². The van der Waals surface area contributed by atoms with Crippen molar-refractivity contribution >= 4 is 79.4 Å². The molecule has 0 spiro atoms. The van der Waals surface area contributed by atoms with E-state index in [4.69, 9.17) is 9.84 Å². The van der Waals surface area contributed by atoms with Gasteiger partial charge in [0.1, 0.15) is 12.3 Å². The van der Waals surface area contributed by atoms with E-state index in [1.165, 1.54) is 6.08 Å². The van der Waals surface area contributed by atoms with Crippen LogP contribution in [0.4, 0.5) is 4.79 Å². The van der Waals surface area contributed by atoms with E-state index in [1.807, 2.05) is 0 Å². The zero-order chi connectivity index (χ0) is 21.8. The van der Waals surface area contributed by atoms with E-state index >= 15 is 0 Å². The molecule has 2 saturated heterocycles. The highest BCUT2D eigenvalue weighted by atomic mass is 127. The highest BCUT2D eigenvalue weighted by Gasteiger charge is 2.37. The van der Waals surface area contributed by atoms with E-state index in [9.17, 15) is 19.2 Å². The summed E-state index contributed by atoms with van der Waals surface area (Å²) in [5.74, 6) is -1.66. The van der Waals surface area contributed by atoms with Crippen molar-refractivity contribution in [2.24, 2.45) is 0 Å². The SMILES string of the molecule is O=C(O)COc1c(Br)cc(I)cc1/C=C1\SC(=O)N(CC(=O)N2CCCCC2)C1=O. The molecule has 11 heteroatoms. The van der Waals surface area contributed by atoms with Crippen molar-refractivity contribution in [3.63, 3.8) is 0 Å². The number of imide groups is 1. The number of thioether (sulfide) groups is 1. The number of amides is 3. The van der Waals surface area contributed by atoms with Gasteiger partial charge in [-0.3, -0.25) is 19.3 Å². The summed E-state index contributed by atoms with van der Waals surface area (Å²) in [5, 5.41) is 8.39. The Morgan fingerprint density at radius 2 is 1.93 bits per heavy atom. The lowest BCUT2D eigenvalue weighted by molar-refractivity contribution is -0.139. The van der Waals surface area contributed by atoms with Crippen molar-refractivity contribution in [2.45, 2.75) is 19.3 Å². The average Bonchev–Trinajstić information content (AvgIpc) is 2.95. The molecule has 2 aliphatic heterocycles. The zero-order valence-electron chi connectivity index (χ0n) is 15.7. The standard InChI is InChI=1S/C19H18BrIN2O6S/c20-13-8-12(21)6-11(17(13)29-10-16(25)26)7-14-18(27)23(19(28)30-14)9-15(24)22-4-2-1-3-5-22/h6-8H,1-5,9-10H2,(H,25,26)/b14-7-. The first-order valence-electron chi connectivity index (χ1n) is 9.13. The van der Waals surface area contributed by atoms with Crippen LogP contribution in [-0.2, 0) is 14.4 Å². The van der Waals surface area contributed by atoms with Crippen LogP contribution in [0.3, 0.4) is 0 Å². The summed E-state index contributed by atoms with van der Waals surface area (Å²) in [4.78, 5) is 51.3. The van der Waals surface area contributed by atoms with E-state index in [0.717, 1.165) is 39.5 Å². The summed E-state index contributed by atoms with van der Waals surface area (Å²) in [6.45, 7) is 0.462. The molecule has 3 rings (SSSR count). The number of rotatable bonds is 6. The Bertz CT molecular complexity index is 932. The summed E-state index contributed by atoms with van der Waals surface area (Å²) < 4.78 is 6.71. The van der Waals surface area contributed by atoms with Gasteiger partial charge in [-0.1, -0.05) is 0 Å². The Morgan fingerprint density at radius 1 is 1.23 bits per heavy atom. The quantitative estimate of drug-likeness (QED) is 0.389. The van der Waals surface area contributed by atoms with Gasteiger partial charge in [0.2, 0.25) is 5.91 Å². The predicted octanol–water partition coefficient (Wildman–Crippen LogP) is 3.57. The fraction of sp³-hybridized carbons (Fsp3) is 0.368. The molecule has 0 aromatic heterocycles. The third-order valence-electron chi connectivity index (χ3n) is 4.54. The molecule has 160 valence electrons. The largest absolute Gasteiger partial charge is 0.480 e. The van der Waals surface area contributed by atoms with Gasteiger partial charge in [0.15, 0.2) is 6.61 Å². The highest BCUT2D eigenvalue weighted by Crippen LogP contribution is 2.37. The van der Waals surface area contributed by atoms with Crippen LogP contribution < -0.4 is 4.74 Å². The molecule has 8 nitrogen and oxygen atoms in total. The third-order valence-corrected chi connectivity index (χ3v) is 6.66. The zero-order valence-corrected chi connectivity index (χ0v) is 20.3. The number of halogens is 2. The minimum Gasteiger partial charge on any atom is -0.480 e. The molecular formula is C19H18BrIN2O6S. The van der Waals surface area contributed by atoms with Crippen molar-refractivity contribution in [2.75, 3.05) is 26.2 Å². The number of hydrogen-bond acceptors (Lipinski definition) is 6. The Morgan fingerprint density at radius 3 is 2.60 bits per heavy atom. The van der Waals surface area contributed by atoms with Crippen molar-refractivity contribution in [1.82, 2.24) is 9.80 Å². The summed E-state index contributed by atoms with van der Waals surface area (Å²) in [6.07, 6.45) is 4.41. The number of benzene rings is 1. The number of ether oxygens (including phenoxy) is 1. The summed E-state index contributed by atoms with van der Waals surface area (Å²) in [6, 6.07) is 3.47.